The SMILES string of the molecule is CCCCc1oc2ccccc2c1CN(C)C(=O)c1ccn(C2CCCNC2)n1.Cl. The number of furan rings is 1. The molecular formula is C23H31ClN4O2. The number of rotatable bonds is 7. The van der Waals surface area contributed by atoms with Gasteiger partial charge in [-0.25, -0.2) is 0 Å². The van der Waals surface area contributed by atoms with E-state index in [1.54, 1.807) is 4.90 Å². The molecule has 0 radical (unpaired) electrons. The molecule has 30 heavy (non-hydrogen) atoms. The summed E-state index contributed by atoms with van der Waals surface area (Å²) in [6.45, 7) is 4.67. The van der Waals surface area contributed by atoms with Crippen molar-refractivity contribution in [3.63, 3.8) is 0 Å². The zero-order chi connectivity index (χ0) is 20.2. The number of piperidine rings is 1. The van der Waals surface area contributed by atoms with Gasteiger partial charge in [-0.15, -0.1) is 12.4 Å². The number of aromatic nitrogens is 2. The molecule has 0 saturated carbocycles. The van der Waals surface area contributed by atoms with Gasteiger partial charge < -0.3 is 14.6 Å². The minimum atomic E-state index is -0.0563. The van der Waals surface area contributed by atoms with Crippen molar-refractivity contribution < 1.29 is 9.21 Å². The summed E-state index contributed by atoms with van der Waals surface area (Å²) in [5.41, 5.74) is 2.50. The van der Waals surface area contributed by atoms with Crippen LogP contribution in [-0.4, -0.2) is 40.7 Å². The fraction of sp³-hybridized carbons (Fsp3) is 0.478. The van der Waals surface area contributed by atoms with Gasteiger partial charge in [-0.3, -0.25) is 9.48 Å². The quantitative estimate of drug-likeness (QED) is 0.595. The van der Waals surface area contributed by atoms with Crippen LogP contribution in [0.3, 0.4) is 0 Å². The van der Waals surface area contributed by atoms with E-state index in [0.29, 0.717) is 18.3 Å². The lowest BCUT2D eigenvalue weighted by molar-refractivity contribution is 0.0777. The zero-order valence-corrected chi connectivity index (χ0v) is 18.6. The summed E-state index contributed by atoms with van der Waals surface area (Å²) >= 11 is 0. The van der Waals surface area contributed by atoms with Crippen molar-refractivity contribution in [2.75, 3.05) is 20.1 Å². The predicted molar refractivity (Wildman–Crippen MR) is 121 cm³/mol. The number of nitrogens with one attached hydrogen (secondary N) is 1. The molecule has 1 aliphatic heterocycles. The van der Waals surface area contributed by atoms with Gasteiger partial charge in [-0.2, -0.15) is 5.10 Å². The number of aryl methyl sites for hydroxylation is 1. The Labute approximate surface area is 184 Å². The monoisotopic (exact) mass is 430 g/mol. The van der Waals surface area contributed by atoms with Crippen molar-refractivity contribution in [3.05, 3.63) is 53.5 Å². The first kappa shape index (κ1) is 22.4. The average Bonchev–Trinajstić information content (AvgIpc) is 3.38. The third-order valence-electron chi connectivity index (χ3n) is 5.75. The lowest BCUT2D eigenvalue weighted by Gasteiger charge is -2.23. The summed E-state index contributed by atoms with van der Waals surface area (Å²) < 4.78 is 8.04. The molecule has 2 aromatic heterocycles. The molecule has 1 saturated heterocycles. The summed E-state index contributed by atoms with van der Waals surface area (Å²) in [5, 5.41) is 9.07. The largest absolute Gasteiger partial charge is 0.461 e. The standard InChI is InChI=1S/C23H30N4O2.ClH/c1-3-4-10-22-19(18-9-5-6-11-21(18)29-22)16-26(2)23(28)20-12-14-27(25-20)17-8-7-13-24-15-17;/h5-6,9,11-12,14,17,24H,3-4,7-8,10,13,15-16H2,1-2H3;1H. The van der Waals surface area contributed by atoms with Crippen LogP contribution >= 0.6 is 12.4 Å². The summed E-state index contributed by atoms with van der Waals surface area (Å²) in [6.07, 6.45) is 7.25. The second kappa shape index (κ2) is 10.1. The van der Waals surface area contributed by atoms with Gasteiger partial charge in [0.05, 0.1) is 6.04 Å². The van der Waals surface area contributed by atoms with Crippen LogP contribution in [0.4, 0.5) is 0 Å². The van der Waals surface area contributed by atoms with Crippen LogP contribution in [0.1, 0.15) is 60.5 Å². The van der Waals surface area contributed by atoms with Crippen molar-refractivity contribution in [2.45, 2.75) is 51.6 Å². The molecule has 4 rings (SSSR count). The number of fused-ring (bicyclic) bond motifs is 1. The highest BCUT2D eigenvalue weighted by molar-refractivity contribution is 5.92. The van der Waals surface area contributed by atoms with Crippen LogP contribution in [0.25, 0.3) is 11.0 Å². The Bertz CT molecular complexity index is 975. The van der Waals surface area contributed by atoms with Crippen LogP contribution in [0.15, 0.2) is 40.9 Å². The van der Waals surface area contributed by atoms with E-state index in [2.05, 4.69) is 23.4 Å². The molecule has 1 aliphatic rings. The number of hydrogen-bond donors (Lipinski definition) is 1. The Hall–Kier alpha value is -2.31. The van der Waals surface area contributed by atoms with Gasteiger partial charge in [-0.05, 0) is 37.9 Å². The first-order valence-electron chi connectivity index (χ1n) is 10.7. The Morgan fingerprint density at radius 2 is 2.17 bits per heavy atom. The summed E-state index contributed by atoms with van der Waals surface area (Å²) in [6, 6.07) is 10.2. The fourth-order valence-corrected chi connectivity index (χ4v) is 4.08. The second-order valence-electron chi connectivity index (χ2n) is 7.95. The Morgan fingerprint density at radius 1 is 1.33 bits per heavy atom. The van der Waals surface area contributed by atoms with E-state index < -0.39 is 0 Å². The van der Waals surface area contributed by atoms with E-state index in [-0.39, 0.29) is 18.3 Å². The molecule has 1 aromatic carbocycles. The minimum absolute atomic E-state index is 0. The number of amides is 1. The lowest BCUT2D eigenvalue weighted by atomic mass is 10.1. The first-order valence-corrected chi connectivity index (χ1v) is 10.7. The third kappa shape index (κ3) is 4.71. The normalized spacial score (nSPS) is 16.4. The van der Waals surface area contributed by atoms with Crippen molar-refractivity contribution in [1.82, 2.24) is 20.0 Å². The molecular weight excluding hydrogens is 400 g/mol. The van der Waals surface area contributed by atoms with Crippen molar-refractivity contribution in [3.8, 4) is 0 Å². The van der Waals surface area contributed by atoms with Crippen LogP contribution in [0, 0.1) is 0 Å². The average molecular weight is 431 g/mol. The molecule has 1 amide bonds. The molecule has 0 bridgehead atoms. The van der Waals surface area contributed by atoms with E-state index >= 15 is 0 Å². The fourth-order valence-electron chi connectivity index (χ4n) is 4.08. The maximum atomic E-state index is 13.0. The molecule has 1 atom stereocenters. The molecule has 3 aromatic rings. The highest BCUT2D eigenvalue weighted by Gasteiger charge is 2.22. The van der Waals surface area contributed by atoms with Gasteiger partial charge in [0, 0.05) is 43.7 Å². The number of carbonyl (C=O) groups is 1. The van der Waals surface area contributed by atoms with Crippen molar-refractivity contribution >= 4 is 29.3 Å². The topological polar surface area (TPSA) is 63.3 Å². The Kier molecular flexibility index (Phi) is 7.56. The van der Waals surface area contributed by atoms with E-state index in [9.17, 15) is 4.79 Å². The maximum Gasteiger partial charge on any atom is 0.274 e. The molecule has 0 spiro atoms. The van der Waals surface area contributed by atoms with Crippen LogP contribution in [0.5, 0.6) is 0 Å². The van der Waals surface area contributed by atoms with Gasteiger partial charge >= 0.3 is 0 Å². The van der Waals surface area contributed by atoms with Crippen molar-refractivity contribution in [1.29, 1.82) is 0 Å². The number of para-hydroxylation sites is 1. The van der Waals surface area contributed by atoms with Crippen LogP contribution < -0.4 is 5.32 Å². The summed E-state index contributed by atoms with van der Waals surface area (Å²) in [4.78, 5) is 14.8. The highest BCUT2D eigenvalue weighted by Crippen LogP contribution is 2.28. The Morgan fingerprint density at radius 3 is 2.93 bits per heavy atom. The van der Waals surface area contributed by atoms with Crippen LogP contribution in [-0.2, 0) is 13.0 Å². The van der Waals surface area contributed by atoms with Gasteiger partial charge in [0.15, 0.2) is 0 Å². The third-order valence-corrected chi connectivity index (χ3v) is 5.75. The lowest BCUT2D eigenvalue weighted by Crippen LogP contribution is -2.32. The highest BCUT2D eigenvalue weighted by atomic mass is 35.5. The number of unbranched alkanes of at least 4 members (excludes halogenated alkanes) is 1. The maximum absolute atomic E-state index is 13.0. The van der Waals surface area contributed by atoms with Gasteiger partial charge in [0.1, 0.15) is 17.0 Å². The molecule has 6 nitrogen and oxygen atoms in total. The summed E-state index contributed by atoms with van der Waals surface area (Å²) in [7, 11) is 1.84. The molecule has 3 heterocycles. The Balaban J connectivity index is 0.00000256. The van der Waals surface area contributed by atoms with Gasteiger partial charge in [-0.1, -0.05) is 31.5 Å². The van der Waals surface area contributed by atoms with E-state index in [4.69, 9.17) is 4.42 Å². The number of benzene rings is 1. The van der Waals surface area contributed by atoms with Gasteiger partial charge in [0.2, 0.25) is 0 Å². The molecule has 1 unspecified atom stereocenters. The number of hydrogen-bond acceptors (Lipinski definition) is 4. The molecule has 1 N–H and O–H groups in total. The smallest absolute Gasteiger partial charge is 0.274 e. The van der Waals surface area contributed by atoms with Crippen LogP contribution in [0.2, 0.25) is 0 Å². The molecule has 162 valence electrons. The van der Waals surface area contributed by atoms with Crippen molar-refractivity contribution in [2.24, 2.45) is 0 Å². The number of nitrogens with zero attached hydrogens (tertiary/aromatic N) is 3. The molecule has 7 heteroatoms. The zero-order valence-electron chi connectivity index (χ0n) is 17.8. The first-order chi connectivity index (χ1) is 14.2. The van der Waals surface area contributed by atoms with E-state index in [1.165, 1.54) is 0 Å². The van der Waals surface area contributed by atoms with Gasteiger partial charge in [0.25, 0.3) is 5.91 Å². The summed E-state index contributed by atoms with van der Waals surface area (Å²) in [5.74, 6) is 0.936. The molecule has 1 fully saturated rings. The molecule has 0 aliphatic carbocycles. The minimum Gasteiger partial charge on any atom is -0.461 e. The predicted octanol–water partition coefficient (Wildman–Crippen LogP) is 4.59. The van der Waals surface area contributed by atoms with E-state index in [0.717, 1.165) is 67.5 Å². The second-order valence-corrected chi connectivity index (χ2v) is 7.95. The van der Waals surface area contributed by atoms with E-state index in [1.807, 2.05) is 42.2 Å². The number of carbonyl (C=O) groups excluding carboxylic acids is 1. The number of halogens is 1.